The van der Waals surface area contributed by atoms with Crippen LogP contribution in [-0.4, -0.2) is 30.1 Å². The van der Waals surface area contributed by atoms with Crippen molar-refractivity contribution < 1.29 is 0 Å². The molecule has 2 heteroatoms. The highest BCUT2D eigenvalue weighted by atomic mass is 15.2. The Kier molecular flexibility index (Phi) is 4.71. The van der Waals surface area contributed by atoms with Gasteiger partial charge in [-0.2, -0.15) is 0 Å². The third-order valence-corrected chi connectivity index (χ3v) is 5.30. The Morgan fingerprint density at radius 3 is 2.44 bits per heavy atom. The maximum absolute atomic E-state index is 6.22. The van der Waals surface area contributed by atoms with Crippen molar-refractivity contribution in [2.24, 2.45) is 23.5 Å². The molecule has 1 aliphatic carbocycles. The molecule has 0 aromatic rings. The number of hydrogen-bond donors (Lipinski definition) is 1. The average Bonchev–Trinajstić information content (AvgIpc) is 2.77. The van der Waals surface area contributed by atoms with Crippen LogP contribution >= 0.6 is 0 Å². The minimum Gasteiger partial charge on any atom is -0.329 e. The summed E-state index contributed by atoms with van der Waals surface area (Å²) in [5.74, 6) is 2.64. The van der Waals surface area contributed by atoms with E-state index < -0.39 is 0 Å². The van der Waals surface area contributed by atoms with E-state index in [0.717, 1.165) is 24.3 Å². The van der Waals surface area contributed by atoms with E-state index in [1.165, 1.54) is 51.6 Å². The Bertz CT molecular complexity index is 254. The topological polar surface area (TPSA) is 29.3 Å². The van der Waals surface area contributed by atoms with Crippen molar-refractivity contribution in [3.05, 3.63) is 0 Å². The van der Waals surface area contributed by atoms with E-state index in [4.69, 9.17) is 5.73 Å². The molecule has 3 atom stereocenters. The van der Waals surface area contributed by atoms with Crippen LogP contribution in [0, 0.1) is 17.8 Å². The lowest BCUT2D eigenvalue weighted by Crippen LogP contribution is -2.56. The minimum absolute atomic E-state index is 0.333. The lowest BCUT2D eigenvalue weighted by atomic mass is 9.70. The fourth-order valence-corrected chi connectivity index (χ4v) is 4.70. The van der Waals surface area contributed by atoms with E-state index in [1.807, 2.05) is 0 Å². The molecule has 2 rings (SSSR count). The molecule has 18 heavy (non-hydrogen) atoms. The predicted molar refractivity (Wildman–Crippen MR) is 78.6 cm³/mol. The lowest BCUT2D eigenvalue weighted by Gasteiger charge is -2.48. The van der Waals surface area contributed by atoms with Gasteiger partial charge in [0.15, 0.2) is 0 Å². The van der Waals surface area contributed by atoms with E-state index in [2.05, 4.69) is 25.7 Å². The summed E-state index contributed by atoms with van der Waals surface area (Å²) >= 11 is 0. The van der Waals surface area contributed by atoms with Crippen LogP contribution in [0.2, 0.25) is 0 Å². The van der Waals surface area contributed by atoms with Crippen molar-refractivity contribution in [3.63, 3.8) is 0 Å². The van der Waals surface area contributed by atoms with E-state index in [-0.39, 0.29) is 0 Å². The average molecular weight is 252 g/mol. The SMILES string of the molecule is CCCC1CCN(C2(CN)CC(C)CC(C)C2)C1. The van der Waals surface area contributed by atoms with Crippen molar-refractivity contribution in [3.8, 4) is 0 Å². The van der Waals surface area contributed by atoms with Gasteiger partial charge in [0.05, 0.1) is 0 Å². The molecule has 2 fully saturated rings. The third-order valence-electron chi connectivity index (χ3n) is 5.30. The molecule has 1 saturated carbocycles. The van der Waals surface area contributed by atoms with E-state index in [9.17, 15) is 0 Å². The summed E-state index contributed by atoms with van der Waals surface area (Å²) < 4.78 is 0. The van der Waals surface area contributed by atoms with Crippen LogP contribution in [0.1, 0.15) is 59.3 Å². The first kappa shape index (κ1) is 14.3. The summed E-state index contributed by atoms with van der Waals surface area (Å²) in [5, 5.41) is 0. The maximum atomic E-state index is 6.22. The summed E-state index contributed by atoms with van der Waals surface area (Å²) in [6.45, 7) is 10.6. The maximum Gasteiger partial charge on any atom is 0.0336 e. The van der Waals surface area contributed by atoms with Gasteiger partial charge in [0.25, 0.3) is 0 Å². The zero-order chi connectivity index (χ0) is 13.2. The van der Waals surface area contributed by atoms with Gasteiger partial charge in [-0.15, -0.1) is 0 Å². The molecule has 0 amide bonds. The van der Waals surface area contributed by atoms with Gasteiger partial charge in [0.2, 0.25) is 0 Å². The summed E-state index contributed by atoms with van der Waals surface area (Å²) in [7, 11) is 0. The van der Waals surface area contributed by atoms with Crippen LogP contribution in [0.25, 0.3) is 0 Å². The zero-order valence-electron chi connectivity index (χ0n) is 12.6. The smallest absolute Gasteiger partial charge is 0.0336 e. The molecule has 2 nitrogen and oxygen atoms in total. The Morgan fingerprint density at radius 2 is 1.89 bits per heavy atom. The fourth-order valence-electron chi connectivity index (χ4n) is 4.70. The largest absolute Gasteiger partial charge is 0.329 e. The highest BCUT2D eigenvalue weighted by Crippen LogP contribution is 2.41. The van der Waals surface area contributed by atoms with Crippen LogP contribution in [0.4, 0.5) is 0 Å². The number of hydrogen-bond acceptors (Lipinski definition) is 2. The quantitative estimate of drug-likeness (QED) is 0.832. The standard InChI is InChI=1S/C16H32N2/c1-4-5-15-6-7-18(11-15)16(12-17)9-13(2)8-14(3)10-16/h13-15H,4-12,17H2,1-3H3. The predicted octanol–water partition coefficient (Wildman–Crippen LogP) is 3.26. The number of nitrogens with zero attached hydrogens (tertiary/aromatic N) is 1. The first-order valence-corrected chi connectivity index (χ1v) is 8.04. The van der Waals surface area contributed by atoms with Crippen LogP contribution in [0.5, 0.6) is 0 Å². The zero-order valence-corrected chi connectivity index (χ0v) is 12.6. The highest BCUT2D eigenvalue weighted by Gasteiger charge is 2.43. The van der Waals surface area contributed by atoms with Gasteiger partial charge < -0.3 is 5.73 Å². The fraction of sp³-hybridized carbons (Fsp3) is 1.00. The minimum atomic E-state index is 0.333. The molecular weight excluding hydrogens is 220 g/mol. The summed E-state index contributed by atoms with van der Waals surface area (Å²) in [4.78, 5) is 2.76. The van der Waals surface area contributed by atoms with Gasteiger partial charge in [0.1, 0.15) is 0 Å². The third kappa shape index (κ3) is 2.91. The van der Waals surface area contributed by atoms with Crippen molar-refractivity contribution in [1.82, 2.24) is 4.90 Å². The Morgan fingerprint density at radius 1 is 1.22 bits per heavy atom. The van der Waals surface area contributed by atoms with Crippen LogP contribution in [0.15, 0.2) is 0 Å². The summed E-state index contributed by atoms with van der Waals surface area (Å²) in [5.41, 5.74) is 6.55. The summed E-state index contributed by atoms with van der Waals surface area (Å²) in [6.07, 6.45) is 8.19. The molecule has 0 spiro atoms. The summed E-state index contributed by atoms with van der Waals surface area (Å²) in [6, 6.07) is 0. The molecular formula is C16H32N2. The molecule has 0 aromatic carbocycles. The van der Waals surface area contributed by atoms with E-state index in [0.29, 0.717) is 5.54 Å². The Hall–Kier alpha value is -0.0800. The number of likely N-dealkylation sites (tertiary alicyclic amines) is 1. The molecule has 0 bridgehead atoms. The second-order valence-electron chi connectivity index (χ2n) is 7.17. The first-order chi connectivity index (χ1) is 8.59. The van der Waals surface area contributed by atoms with Gasteiger partial charge in [-0.1, -0.05) is 27.2 Å². The van der Waals surface area contributed by atoms with E-state index >= 15 is 0 Å². The Labute approximate surface area is 113 Å². The molecule has 0 aromatic heterocycles. The molecule has 2 N–H and O–H groups in total. The van der Waals surface area contributed by atoms with Crippen LogP contribution in [-0.2, 0) is 0 Å². The van der Waals surface area contributed by atoms with Crippen LogP contribution < -0.4 is 5.73 Å². The molecule has 1 saturated heterocycles. The second kappa shape index (κ2) is 5.92. The van der Waals surface area contributed by atoms with Crippen molar-refractivity contribution >= 4 is 0 Å². The van der Waals surface area contributed by atoms with Crippen molar-refractivity contribution in [1.29, 1.82) is 0 Å². The lowest BCUT2D eigenvalue weighted by molar-refractivity contribution is 0.0341. The second-order valence-corrected chi connectivity index (χ2v) is 7.17. The van der Waals surface area contributed by atoms with Crippen molar-refractivity contribution in [2.45, 2.75) is 64.8 Å². The monoisotopic (exact) mass is 252 g/mol. The molecule has 1 heterocycles. The van der Waals surface area contributed by atoms with Gasteiger partial charge in [0, 0.05) is 18.6 Å². The molecule has 106 valence electrons. The molecule has 1 aliphatic heterocycles. The highest BCUT2D eigenvalue weighted by molar-refractivity contribution is 5.00. The first-order valence-electron chi connectivity index (χ1n) is 8.04. The molecule has 0 radical (unpaired) electrons. The molecule has 3 unspecified atom stereocenters. The number of rotatable bonds is 4. The van der Waals surface area contributed by atoms with Gasteiger partial charge in [-0.05, 0) is 56.4 Å². The molecule has 2 aliphatic rings. The normalized spacial score (nSPS) is 42.3. The number of nitrogens with two attached hydrogens (primary N) is 1. The van der Waals surface area contributed by atoms with Crippen LogP contribution in [0.3, 0.4) is 0 Å². The Balaban J connectivity index is 2.03. The van der Waals surface area contributed by atoms with Crippen molar-refractivity contribution in [2.75, 3.05) is 19.6 Å². The van der Waals surface area contributed by atoms with Gasteiger partial charge >= 0.3 is 0 Å². The van der Waals surface area contributed by atoms with Gasteiger partial charge in [-0.25, -0.2) is 0 Å². The van der Waals surface area contributed by atoms with Gasteiger partial charge in [-0.3, -0.25) is 4.90 Å². The van der Waals surface area contributed by atoms with E-state index in [1.54, 1.807) is 0 Å².